The van der Waals surface area contributed by atoms with Crippen molar-refractivity contribution in [2.45, 2.75) is 62.6 Å². The molecule has 5 rings (SSSR count). The van der Waals surface area contributed by atoms with E-state index in [0.29, 0.717) is 29.8 Å². The SMILES string of the molecule is CO[C@@]12[C@H](COC(N)=O)C3=C(C(=O)C(C)=C(N[C@@H]4CCCC[C@H]4O)C3=O)N1C[C@H]1[C@@H]2N1C. The van der Waals surface area contributed by atoms with Crippen LogP contribution in [0.25, 0.3) is 0 Å². The van der Waals surface area contributed by atoms with Crippen LogP contribution in [0.1, 0.15) is 32.6 Å². The molecule has 0 aromatic rings. The molecule has 10 nitrogen and oxygen atoms in total. The van der Waals surface area contributed by atoms with Crippen LogP contribution in [0.4, 0.5) is 4.79 Å². The number of aliphatic hydroxyl groups excluding tert-OH is 1. The number of likely N-dealkylation sites (N-methyl/N-ethyl adjacent to an activating group) is 1. The van der Waals surface area contributed by atoms with E-state index in [1.54, 1.807) is 14.0 Å². The summed E-state index contributed by atoms with van der Waals surface area (Å²) >= 11 is 0. The Bertz CT molecular complexity index is 960. The third-order valence-electron chi connectivity index (χ3n) is 8.01. The van der Waals surface area contributed by atoms with Gasteiger partial charge in [-0.3, -0.25) is 14.5 Å². The number of allylic oxidation sites excluding steroid dienone is 2. The molecule has 10 heteroatoms. The maximum absolute atomic E-state index is 13.8. The molecule has 1 amide bonds. The van der Waals surface area contributed by atoms with Crippen molar-refractivity contribution < 1.29 is 29.0 Å². The van der Waals surface area contributed by atoms with Gasteiger partial charge < -0.3 is 30.5 Å². The smallest absolute Gasteiger partial charge is 0.404 e. The first-order valence-corrected chi connectivity index (χ1v) is 11.2. The lowest BCUT2D eigenvalue weighted by molar-refractivity contribution is -0.144. The number of methoxy groups -OCH3 is 1. The highest BCUT2D eigenvalue weighted by Gasteiger charge is 2.75. The fourth-order valence-corrected chi connectivity index (χ4v) is 6.35. The highest BCUT2D eigenvalue weighted by molar-refractivity contribution is 6.25. The predicted molar refractivity (Wildman–Crippen MR) is 112 cm³/mol. The maximum atomic E-state index is 13.8. The molecule has 0 aromatic heterocycles. The molecule has 7 atom stereocenters. The van der Waals surface area contributed by atoms with Crippen LogP contribution in [0.5, 0.6) is 0 Å². The van der Waals surface area contributed by atoms with Crippen LogP contribution in [0, 0.1) is 5.92 Å². The molecule has 0 aromatic carbocycles. The van der Waals surface area contributed by atoms with Crippen LogP contribution in [0.15, 0.2) is 22.5 Å². The third kappa shape index (κ3) is 2.72. The van der Waals surface area contributed by atoms with Gasteiger partial charge in [0.1, 0.15) is 6.61 Å². The fourth-order valence-electron chi connectivity index (χ4n) is 6.35. The second-order valence-electron chi connectivity index (χ2n) is 9.45. The number of fused-ring (bicyclic) bond motifs is 4. The minimum Gasteiger partial charge on any atom is -0.449 e. The monoisotopic (exact) mass is 446 g/mol. The van der Waals surface area contributed by atoms with E-state index in [-0.39, 0.29) is 42.0 Å². The number of amides is 1. The Morgan fingerprint density at radius 2 is 2.00 bits per heavy atom. The van der Waals surface area contributed by atoms with Crippen molar-refractivity contribution in [2.75, 3.05) is 27.3 Å². The molecule has 0 radical (unpaired) electrons. The highest BCUT2D eigenvalue weighted by Crippen LogP contribution is 2.59. The number of nitrogens with zero attached hydrogens (tertiary/aromatic N) is 2. The fraction of sp³-hybridized carbons (Fsp3) is 0.682. The van der Waals surface area contributed by atoms with Crippen molar-refractivity contribution >= 4 is 17.7 Å². The van der Waals surface area contributed by atoms with Gasteiger partial charge in [0.15, 0.2) is 5.72 Å². The van der Waals surface area contributed by atoms with E-state index in [0.717, 1.165) is 19.3 Å². The lowest BCUT2D eigenvalue weighted by Crippen LogP contribution is -2.55. The molecule has 174 valence electrons. The number of hydrogen-bond acceptors (Lipinski definition) is 9. The van der Waals surface area contributed by atoms with Crippen LogP contribution in [0.3, 0.4) is 0 Å². The number of hydrogen-bond donors (Lipinski definition) is 3. The number of Topliss-reactive ketones (excluding diaryl/α,β-unsaturated/α-hetero) is 2. The second-order valence-corrected chi connectivity index (χ2v) is 9.45. The second kappa shape index (κ2) is 7.29. The molecule has 3 aliphatic heterocycles. The Hall–Kier alpha value is -2.43. The lowest BCUT2D eigenvalue weighted by atomic mass is 9.81. The number of piperazine rings is 1. The van der Waals surface area contributed by atoms with Crippen molar-refractivity contribution in [3.63, 3.8) is 0 Å². The van der Waals surface area contributed by atoms with Gasteiger partial charge in [-0.2, -0.15) is 0 Å². The van der Waals surface area contributed by atoms with Crippen LogP contribution in [-0.2, 0) is 19.1 Å². The third-order valence-corrected chi connectivity index (χ3v) is 8.01. The van der Waals surface area contributed by atoms with E-state index in [1.165, 1.54) is 0 Å². The molecule has 2 saturated heterocycles. The van der Waals surface area contributed by atoms with Gasteiger partial charge >= 0.3 is 6.09 Å². The zero-order chi connectivity index (χ0) is 22.9. The minimum atomic E-state index is -0.981. The average Bonchev–Trinajstić information content (AvgIpc) is 3.14. The van der Waals surface area contributed by atoms with Crippen LogP contribution in [-0.4, -0.2) is 89.8 Å². The Morgan fingerprint density at radius 1 is 1.28 bits per heavy atom. The molecule has 5 aliphatic rings. The average molecular weight is 447 g/mol. The van der Waals surface area contributed by atoms with Crippen molar-refractivity contribution in [1.29, 1.82) is 0 Å². The Morgan fingerprint density at radius 3 is 2.66 bits per heavy atom. The Kier molecular flexibility index (Phi) is 4.88. The van der Waals surface area contributed by atoms with Gasteiger partial charge in [0.25, 0.3) is 0 Å². The number of carbonyl (C=O) groups is 3. The van der Waals surface area contributed by atoms with Gasteiger partial charge in [-0.15, -0.1) is 0 Å². The molecule has 2 aliphatic carbocycles. The van der Waals surface area contributed by atoms with Crippen LogP contribution in [0.2, 0.25) is 0 Å². The van der Waals surface area contributed by atoms with Gasteiger partial charge in [0.2, 0.25) is 11.6 Å². The number of carbonyl (C=O) groups excluding carboxylic acids is 3. The minimum absolute atomic E-state index is 0.0305. The summed E-state index contributed by atoms with van der Waals surface area (Å²) in [6.45, 7) is 2.04. The zero-order valence-electron chi connectivity index (χ0n) is 18.6. The van der Waals surface area contributed by atoms with Crippen molar-refractivity contribution in [3.8, 4) is 0 Å². The maximum Gasteiger partial charge on any atom is 0.404 e. The molecular formula is C22H30N4O6. The van der Waals surface area contributed by atoms with Crippen molar-refractivity contribution in [3.05, 3.63) is 22.5 Å². The van der Waals surface area contributed by atoms with Gasteiger partial charge in [-0.25, -0.2) is 4.79 Å². The Labute approximate surface area is 186 Å². The summed E-state index contributed by atoms with van der Waals surface area (Å²) < 4.78 is 11.2. The first kappa shape index (κ1) is 21.4. The number of ketones is 2. The quantitative estimate of drug-likeness (QED) is 0.382. The van der Waals surface area contributed by atoms with Gasteiger partial charge in [-0.1, -0.05) is 12.8 Å². The number of nitrogens with one attached hydrogen (secondary N) is 1. The predicted octanol–water partition coefficient (Wildman–Crippen LogP) is -0.375. The summed E-state index contributed by atoms with van der Waals surface area (Å²) in [4.78, 5) is 42.8. The van der Waals surface area contributed by atoms with Crippen molar-refractivity contribution in [1.82, 2.24) is 15.1 Å². The summed E-state index contributed by atoms with van der Waals surface area (Å²) in [6, 6.07) is -0.120. The number of primary amides is 1. The van der Waals surface area contributed by atoms with Crippen LogP contribution < -0.4 is 11.1 Å². The normalized spacial score (nSPS) is 40.3. The summed E-state index contributed by atoms with van der Waals surface area (Å²) in [5.74, 6) is -1.20. The van der Waals surface area contributed by atoms with E-state index < -0.39 is 23.8 Å². The number of nitrogens with two attached hydrogens (primary N) is 1. The largest absolute Gasteiger partial charge is 0.449 e. The van der Waals surface area contributed by atoms with E-state index >= 15 is 0 Å². The van der Waals surface area contributed by atoms with Gasteiger partial charge in [0.05, 0.1) is 35.5 Å². The number of rotatable bonds is 5. The topological polar surface area (TPSA) is 134 Å². The molecule has 1 unspecified atom stereocenters. The molecule has 1 saturated carbocycles. The van der Waals surface area contributed by atoms with E-state index in [1.807, 2.05) is 11.9 Å². The van der Waals surface area contributed by atoms with Crippen LogP contribution >= 0.6 is 0 Å². The molecule has 3 heterocycles. The standard InChI is InChI=1S/C22H30N4O6/c1-10-16(24-12-6-4-5-7-14(12)27)19(29)15-11(9-32-21(23)30)22(31-3)20-13(25(20)2)8-26(22)17(15)18(10)28/h11-14,20,24,27H,4-9H2,1-3H3,(H2,23,30)/t11-,12-,13+,14-,20+,22-,25?/m1/s1. The van der Waals surface area contributed by atoms with E-state index in [2.05, 4.69) is 10.2 Å². The van der Waals surface area contributed by atoms with Crippen molar-refractivity contribution in [2.24, 2.45) is 11.7 Å². The summed E-state index contributed by atoms with van der Waals surface area (Å²) in [6.07, 6.45) is 1.75. The van der Waals surface area contributed by atoms with E-state index in [4.69, 9.17) is 15.2 Å². The summed E-state index contributed by atoms with van der Waals surface area (Å²) in [5, 5.41) is 13.6. The van der Waals surface area contributed by atoms with Gasteiger partial charge in [-0.05, 0) is 26.8 Å². The van der Waals surface area contributed by atoms with E-state index in [9.17, 15) is 19.5 Å². The number of ether oxygens (including phenoxy) is 2. The lowest BCUT2D eigenvalue weighted by Gasteiger charge is -2.40. The summed E-state index contributed by atoms with van der Waals surface area (Å²) in [7, 11) is 3.53. The highest BCUT2D eigenvalue weighted by atomic mass is 16.6. The molecule has 0 bridgehead atoms. The Balaban J connectivity index is 1.54. The zero-order valence-corrected chi connectivity index (χ0v) is 18.6. The number of aliphatic hydroxyl groups is 1. The van der Waals surface area contributed by atoms with Gasteiger partial charge in [0, 0.05) is 30.8 Å². The first-order valence-electron chi connectivity index (χ1n) is 11.2. The molecule has 32 heavy (non-hydrogen) atoms. The molecular weight excluding hydrogens is 416 g/mol. The molecule has 4 N–H and O–H groups in total. The molecule has 3 fully saturated rings. The summed E-state index contributed by atoms with van der Waals surface area (Å²) in [5.41, 5.74) is 5.45. The molecule has 0 spiro atoms. The first-order chi connectivity index (χ1) is 15.2.